The van der Waals surface area contributed by atoms with E-state index in [2.05, 4.69) is 10.6 Å². The van der Waals surface area contributed by atoms with Crippen molar-refractivity contribution in [3.8, 4) is 0 Å². The molecule has 1 heterocycles. The second kappa shape index (κ2) is 11.4. The molecule has 3 rings (SSSR count). The van der Waals surface area contributed by atoms with Crippen molar-refractivity contribution in [1.82, 2.24) is 20.8 Å². The Morgan fingerprint density at radius 2 is 1.67 bits per heavy atom. The zero-order valence-corrected chi connectivity index (χ0v) is 21.9. The first-order valence-electron chi connectivity index (χ1n) is 13.1. The molecule has 3 atom stereocenters. The first kappa shape index (κ1) is 28.3. The molecule has 2 aliphatic carbocycles. The number of hydroxylamine groups is 2. The summed E-state index contributed by atoms with van der Waals surface area (Å²) < 4.78 is 5.40. The highest BCUT2D eigenvalue weighted by Gasteiger charge is 2.67. The van der Waals surface area contributed by atoms with E-state index in [1.807, 2.05) is 0 Å². The van der Waals surface area contributed by atoms with Gasteiger partial charge >= 0.3 is 6.09 Å². The van der Waals surface area contributed by atoms with Crippen LogP contribution in [-0.2, 0) is 19.1 Å². The van der Waals surface area contributed by atoms with Gasteiger partial charge in [0.2, 0.25) is 11.8 Å². The van der Waals surface area contributed by atoms with Gasteiger partial charge in [0.25, 0.3) is 5.91 Å². The molecule has 2 saturated carbocycles. The Kier molecular flexibility index (Phi) is 9.00. The number of nitrogens with one attached hydrogen (secondary N) is 2. The lowest BCUT2D eigenvalue weighted by Crippen LogP contribution is -2.62. The van der Waals surface area contributed by atoms with Crippen molar-refractivity contribution in [2.75, 3.05) is 13.7 Å². The number of imide groups is 1. The molecule has 36 heavy (non-hydrogen) atoms. The summed E-state index contributed by atoms with van der Waals surface area (Å²) in [5.41, 5.74) is -3.09. The number of likely N-dealkylation sites (N-methyl/N-ethyl adjacent to an activating group) is 1. The van der Waals surface area contributed by atoms with Crippen LogP contribution >= 0.6 is 0 Å². The average Bonchev–Trinajstić information content (AvgIpc) is 3.40. The van der Waals surface area contributed by atoms with Crippen molar-refractivity contribution in [3.05, 3.63) is 0 Å². The molecule has 0 aromatic heterocycles. The standard InChI is InChI=1S/C25H42N4O7/c1-24(2,3)19(20(30)26-4)28-21(31)18(14-16-10-8-9-11-16)25(22(28)32,29(34)35)15-36-23(33)27-17-12-6-5-7-13-17/h16-19,34-35H,5-15H2,1-4H3,(H,26,30)(H,27,33)/t18-,19+,25+/m0/s1. The van der Waals surface area contributed by atoms with Crippen LogP contribution in [0.3, 0.4) is 0 Å². The number of carbonyl (C=O) groups excluding carboxylic acids is 4. The summed E-state index contributed by atoms with van der Waals surface area (Å²) in [6.45, 7) is 4.44. The molecular formula is C25H42N4O7. The molecule has 0 aromatic carbocycles. The van der Waals surface area contributed by atoms with Crippen molar-refractivity contribution >= 4 is 23.8 Å². The number of alkyl carbamates (subject to hydrolysis) is 1. The summed E-state index contributed by atoms with van der Waals surface area (Å²) in [6, 6.07) is -1.24. The van der Waals surface area contributed by atoms with Gasteiger partial charge in [0.15, 0.2) is 5.54 Å². The summed E-state index contributed by atoms with van der Waals surface area (Å²) in [5.74, 6) is -3.26. The van der Waals surface area contributed by atoms with E-state index in [-0.39, 0.29) is 23.6 Å². The highest BCUT2D eigenvalue weighted by atomic mass is 16.8. The summed E-state index contributed by atoms with van der Waals surface area (Å²) >= 11 is 0. The van der Waals surface area contributed by atoms with Gasteiger partial charge in [-0.25, -0.2) is 4.79 Å². The second-order valence-corrected chi connectivity index (χ2v) is 11.6. The highest BCUT2D eigenvalue weighted by Crippen LogP contribution is 2.44. The molecule has 3 fully saturated rings. The van der Waals surface area contributed by atoms with Gasteiger partial charge in [-0.15, -0.1) is 0 Å². The molecule has 0 spiro atoms. The van der Waals surface area contributed by atoms with Crippen molar-refractivity contribution in [1.29, 1.82) is 0 Å². The van der Waals surface area contributed by atoms with Crippen molar-refractivity contribution in [2.45, 2.75) is 103 Å². The number of nitrogens with zero attached hydrogens (tertiary/aromatic N) is 2. The second-order valence-electron chi connectivity index (χ2n) is 11.6. The number of hydrogen-bond acceptors (Lipinski definition) is 8. The zero-order valence-electron chi connectivity index (χ0n) is 21.9. The number of rotatable bonds is 8. The molecule has 1 saturated heterocycles. The summed E-state index contributed by atoms with van der Waals surface area (Å²) in [7, 11) is 1.42. The zero-order chi connectivity index (χ0) is 26.7. The summed E-state index contributed by atoms with van der Waals surface area (Å²) in [4.78, 5) is 54.1. The Morgan fingerprint density at radius 1 is 1.08 bits per heavy atom. The minimum absolute atomic E-state index is 0.0493. The lowest BCUT2D eigenvalue weighted by atomic mass is 9.80. The van der Waals surface area contributed by atoms with Crippen LogP contribution in [0.4, 0.5) is 4.79 Å². The Bertz CT molecular complexity index is 831. The van der Waals surface area contributed by atoms with Gasteiger partial charge in [-0.05, 0) is 30.6 Å². The van der Waals surface area contributed by atoms with Gasteiger partial charge in [0, 0.05) is 13.1 Å². The average molecular weight is 511 g/mol. The Morgan fingerprint density at radius 3 is 2.19 bits per heavy atom. The number of amides is 4. The van der Waals surface area contributed by atoms with Crippen LogP contribution in [0.1, 0.15) is 85.0 Å². The van der Waals surface area contributed by atoms with E-state index in [9.17, 15) is 29.6 Å². The highest BCUT2D eigenvalue weighted by molar-refractivity contribution is 6.12. The van der Waals surface area contributed by atoms with Crippen LogP contribution in [0, 0.1) is 17.3 Å². The summed E-state index contributed by atoms with van der Waals surface area (Å²) in [5, 5.41) is 25.9. The van der Waals surface area contributed by atoms with E-state index in [1.165, 1.54) is 7.05 Å². The maximum Gasteiger partial charge on any atom is 0.407 e. The van der Waals surface area contributed by atoms with Gasteiger partial charge in [-0.2, -0.15) is 0 Å². The van der Waals surface area contributed by atoms with E-state index in [0.717, 1.165) is 62.7 Å². The molecule has 0 radical (unpaired) electrons. The largest absolute Gasteiger partial charge is 0.447 e. The van der Waals surface area contributed by atoms with Gasteiger partial charge in [-0.1, -0.05) is 70.9 Å². The van der Waals surface area contributed by atoms with Crippen LogP contribution in [-0.4, -0.2) is 75.6 Å². The van der Waals surface area contributed by atoms with Crippen molar-refractivity contribution < 1.29 is 34.3 Å². The van der Waals surface area contributed by atoms with Crippen molar-refractivity contribution in [2.24, 2.45) is 17.3 Å². The normalized spacial score (nSPS) is 27.0. The fourth-order valence-electron chi connectivity index (χ4n) is 6.06. The van der Waals surface area contributed by atoms with Gasteiger partial charge in [0.1, 0.15) is 12.6 Å². The van der Waals surface area contributed by atoms with Gasteiger partial charge < -0.3 is 15.4 Å². The number of ether oxygens (including phenoxy) is 1. The molecule has 4 N–H and O–H groups in total. The molecule has 4 amide bonds. The molecule has 0 unspecified atom stereocenters. The number of carbonyl (C=O) groups is 4. The van der Waals surface area contributed by atoms with Crippen LogP contribution in [0.15, 0.2) is 0 Å². The minimum atomic E-state index is -2.25. The first-order valence-corrected chi connectivity index (χ1v) is 13.1. The third kappa shape index (κ3) is 5.68. The Balaban J connectivity index is 1.94. The molecule has 3 aliphatic rings. The summed E-state index contributed by atoms with van der Waals surface area (Å²) in [6.07, 6.45) is 7.86. The topological polar surface area (TPSA) is 149 Å². The van der Waals surface area contributed by atoms with Crippen molar-refractivity contribution in [3.63, 3.8) is 0 Å². The minimum Gasteiger partial charge on any atom is -0.447 e. The smallest absolute Gasteiger partial charge is 0.407 e. The quantitative estimate of drug-likeness (QED) is 0.288. The predicted molar refractivity (Wildman–Crippen MR) is 129 cm³/mol. The molecule has 204 valence electrons. The maximum absolute atomic E-state index is 13.9. The third-order valence-corrected chi connectivity index (χ3v) is 8.03. The van der Waals surface area contributed by atoms with Crippen LogP contribution in [0.2, 0.25) is 0 Å². The maximum atomic E-state index is 13.9. The lowest BCUT2D eigenvalue weighted by Gasteiger charge is -2.37. The van der Waals surface area contributed by atoms with Gasteiger partial charge in [-0.3, -0.25) is 29.7 Å². The fourth-order valence-corrected chi connectivity index (χ4v) is 6.06. The van der Waals surface area contributed by atoms with E-state index in [4.69, 9.17) is 4.74 Å². The monoisotopic (exact) mass is 510 g/mol. The van der Waals surface area contributed by atoms with E-state index in [1.54, 1.807) is 20.8 Å². The molecule has 0 bridgehead atoms. The fraction of sp³-hybridized carbons (Fsp3) is 0.840. The van der Waals surface area contributed by atoms with E-state index >= 15 is 0 Å². The Hall–Kier alpha value is -2.24. The SMILES string of the molecule is CNC(=O)[C@@H](N1C(=O)[C@H](CC2CCCC2)[C@@](COC(=O)NC2CCCCC2)(N(O)O)C1=O)C(C)(C)C. The molecule has 0 aromatic rings. The van der Waals surface area contributed by atoms with Crippen LogP contribution < -0.4 is 10.6 Å². The molecular weight excluding hydrogens is 468 g/mol. The number of hydrogen-bond donors (Lipinski definition) is 4. The molecule has 11 heteroatoms. The molecule has 1 aliphatic heterocycles. The van der Waals surface area contributed by atoms with Crippen LogP contribution in [0.25, 0.3) is 0 Å². The Labute approximate surface area is 212 Å². The third-order valence-electron chi connectivity index (χ3n) is 8.03. The predicted octanol–water partition coefficient (Wildman–Crippen LogP) is 2.59. The van der Waals surface area contributed by atoms with E-state index < -0.39 is 53.3 Å². The molecule has 11 nitrogen and oxygen atoms in total. The van der Waals surface area contributed by atoms with Crippen LogP contribution in [0.5, 0.6) is 0 Å². The lowest BCUT2D eigenvalue weighted by molar-refractivity contribution is -0.363. The number of likely N-dealkylation sites (tertiary alicyclic amines) is 1. The van der Waals surface area contributed by atoms with E-state index in [0.29, 0.717) is 0 Å². The van der Waals surface area contributed by atoms with Gasteiger partial charge in [0.05, 0.1) is 5.92 Å². The first-order chi connectivity index (χ1) is 16.9.